The molecule has 72 valence electrons. The lowest BCUT2D eigenvalue weighted by atomic mass is 10.5. The topological polar surface area (TPSA) is 51.2 Å². The Morgan fingerprint density at radius 1 is 1.77 bits per heavy atom. The van der Waals surface area contributed by atoms with Gasteiger partial charge < -0.3 is 10.1 Å². The molecule has 1 rings (SSSR count). The number of hydrogen-bond acceptors (Lipinski definition) is 4. The minimum atomic E-state index is -0.398. The van der Waals surface area contributed by atoms with E-state index in [-0.39, 0.29) is 6.10 Å². The van der Waals surface area contributed by atoms with E-state index < -0.39 is 6.09 Å². The zero-order valence-electron chi connectivity index (χ0n) is 7.61. The minimum absolute atomic E-state index is 0.0868. The summed E-state index contributed by atoms with van der Waals surface area (Å²) >= 11 is 1.50. The average Bonchev–Trinajstić information content (AvgIpc) is 2.51. The maximum Gasteiger partial charge on any atom is 0.407 e. The van der Waals surface area contributed by atoms with Crippen molar-refractivity contribution < 1.29 is 9.53 Å². The van der Waals surface area contributed by atoms with Gasteiger partial charge in [0.2, 0.25) is 0 Å². The SMILES string of the molecule is CC(C)OC(=O)NCc1nccs1. The number of aromatic nitrogens is 1. The third-order valence-corrected chi connectivity index (χ3v) is 1.99. The van der Waals surface area contributed by atoms with E-state index in [2.05, 4.69) is 10.3 Å². The van der Waals surface area contributed by atoms with Crippen LogP contribution in [0.3, 0.4) is 0 Å². The van der Waals surface area contributed by atoms with Crippen LogP contribution in [0.1, 0.15) is 18.9 Å². The molecule has 0 saturated heterocycles. The van der Waals surface area contributed by atoms with Crippen LogP contribution >= 0.6 is 11.3 Å². The predicted octanol–water partition coefficient (Wildman–Crippen LogP) is 1.78. The van der Waals surface area contributed by atoms with E-state index in [0.29, 0.717) is 6.54 Å². The van der Waals surface area contributed by atoms with Crippen LogP contribution in [0.5, 0.6) is 0 Å². The van der Waals surface area contributed by atoms with Gasteiger partial charge in [0.05, 0.1) is 12.6 Å². The molecule has 0 radical (unpaired) electrons. The van der Waals surface area contributed by atoms with Gasteiger partial charge >= 0.3 is 6.09 Å². The molecular formula is C8H12N2O2S. The van der Waals surface area contributed by atoms with Crippen molar-refractivity contribution in [2.45, 2.75) is 26.5 Å². The molecule has 0 atom stereocenters. The summed E-state index contributed by atoms with van der Waals surface area (Å²) in [5, 5.41) is 5.34. The fraction of sp³-hybridized carbons (Fsp3) is 0.500. The van der Waals surface area contributed by atoms with Gasteiger partial charge in [-0.15, -0.1) is 11.3 Å². The number of rotatable bonds is 3. The Bertz CT molecular complexity index is 259. The zero-order chi connectivity index (χ0) is 9.68. The van der Waals surface area contributed by atoms with Crippen molar-refractivity contribution >= 4 is 17.4 Å². The van der Waals surface area contributed by atoms with E-state index in [0.717, 1.165) is 5.01 Å². The molecule has 0 spiro atoms. The number of hydrogen-bond donors (Lipinski definition) is 1. The predicted molar refractivity (Wildman–Crippen MR) is 50.6 cm³/mol. The van der Waals surface area contributed by atoms with Crippen molar-refractivity contribution in [1.29, 1.82) is 0 Å². The molecule has 0 aromatic carbocycles. The molecule has 0 fully saturated rings. The maximum absolute atomic E-state index is 11.0. The molecule has 1 heterocycles. The number of alkyl carbamates (subject to hydrolysis) is 1. The number of ether oxygens (including phenoxy) is 1. The molecule has 0 unspecified atom stereocenters. The summed E-state index contributed by atoms with van der Waals surface area (Å²) in [4.78, 5) is 15.0. The molecule has 0 bridgehead atoms. The molecule has 1 N–H and O–H groups in total. The Labute approximate surface area is 80.9 Å². The quantitative estimate of drug-likeness (QED) is 0.809. The van der Waals surface area contributed by atoms with Crippen molar-refractivity contribution in [3.05, 3.63) is 16.6 Å². The van der Waals surface area contributed by atoms with Crippen LogP contribution in [-0.4, -0.2) is 17.2 Å². The highest BCUT2D eigenvalue weighted by Crippen LogP contribution is 2.02. The molecule has 1 aromatic rings. The number of nitrogens with zero attached hydrogens (tertiary/aromatic N) is 1. The lowest BCUT2D eigenvalue weighted by molar-refractivity contribution is 0.115. The van der Waals surface area contributed by atoms with E-state index in [1.165, 1.54) is 11.3 Å². The molecule has 5 heteroatoms. The van der Waals surface area contributed by atoms with Gasteiger partial charge in [0.1, 0.15) is 5.01 Å². The van der Waals surface area contributed by atoms with Gasteiger partial charge in [-0.25, -0.2) is 9.78 Å². The van der Waals surface area contributed by atoms with Crippen LogP contribution in [0.25, 0.3) is 0 Å². The van der Waals surface area contributed by atoms with Crippen LogP contribution in [0.2, 0.25) is 0 Å². The molecule has 0 aliphatic carbocycles. The Balaban J connectivity index is 2.23. The summed E-state index contributed by atoms with van der Waals surface area (Å²) in [6.07, 6.45) is 1.22. The number of carbonyl (C=O) groups is 1. The molecule has 1 aromatic heterocycles. The second kappa shape index (κ2) is 4.81. The monoisotopic (exact) mass is 200 g/mol. The van der Waals surface area contributed by atoms with Crippen LogP contribution in [0.4, 0.5) is 4.79 Å². The first-order valence-electron chi connectivity index (χ1n) is 4.01. The van der Waals surface area contributed by atoms with Crippen LogP contribution in [-0.2, 0) is 11.3 Å². The third kappa shape index (κ3) is 3.89. The van der Waals surface area contributed by atoms with E-state index in [9.17, 15) is 4.79 Å². The number of carbonyl (C=O) groups excluding carboxylic acids is 1. The first kappa shape index (κ1) is 9.98. The Hall–Kier alpha value is -1.10. The summed E-state index contributed by atoms with van der Waals surface area (Å²) in [6.45, 7) is 4.05. The lowest BCUT2D eigenvalue weighted by Gasteiger charge is -2.07. The molecule has 1 amide bonds. The lowest BCUT2D eigenvalue weighted by Crippen LogP contribution is -2.26. The van der Waals surface area contributed by atoms with Crippen LogP contribution in [0.15, 0.2) is 11.6 Å². The van der Waals surface area contributed by atoms with E-state index in [4.69, 9.17) is 4.74 Å². The number of amides is 1. The highest BCUT2D eigenvalue weighted by Gasteiger charge is 2.04. The van der Waals surface area contributed by atoms with Crippen molar-refractivity contribution in [1.82, 2.24) is 10.3 Å². The van der Waals surface area contributed by atoms with Gasteiger partial charge in [-0.3, -0.25) is 0 Å². The molecule has 0 aliphatic heterocycles. The Kier molecular flexibility index (Phi) is 3.70. The van der Waals surface area contributed by atoms with Crippen molar-refractivity contribution in [3.8, 4) is 0 Å². The normalized spacial score (nSPS) is 10.1. The summed E-state index contributed by atoms with van der Waals surface area (Å²) < 4.78 is 4.88. The second-order valence-electron chi connectivity index (χ2n) is 2.73. The Morgan fingerprint density at radius 3 is 3.08 bits per heavy atom. The van der Waals surface area contributed by atoms with Gasteiger partial charge in [-0.1, -0.05) is 0 Å². The highest BCUT2D eigenvalue weighted by molar-refractivity contribution is 7.09. The summed E-state index contributed by atoms with van der Waals surface area (Å²) in [7, 11) is 0. The van der Waals surface area contributed by atoms with Crippen molar-refractivity contribution in [2.24, 2.45) is 0 Å². The standard InChI is InChI=1S/C8H12N2O2S/c1-6(2)12-8(11)10-5-7-9-3-4-13-7/h3-4,6H,5H2,1-2H3,(H,10,11). The average molecular weight is 200 g/mol. The molecule has 13 heavy (non-hydrogen) atoms. The van der Waals surface area contributed by atoms with Crippen LogP contribution in [0, 0.1) is 0 Å². The Morgan fingerprint density at radius 2 is 2.54 bits per heavy atom. The fourth-order valence-electron chi connectivity index (χ4n) is 0.744. The van der Waals surface area contributed by atoms with Gasteiger partial charge in [0, 0.05) is 11.6 Å². The summed E-state index contributed by atoms with van der Waals surface area (Å²) in [6, 6.07) is 0. The highest BCUT2D eigenvalue weighted by atomic mass is 32.1. The second-order valence-corrected chi connectivity index (χ2v) is 3.71. The van der Waals surface area contributed by atoms with E-state index in [1.807, 2.05) is 19.2 Å². The molecule has 4 nitrogen and oxygen atoms in total. The van der Waals surface area contributed by atoms with Gasteiger partial charge in [0.15, 0.2) is 0 Å². The van der Waals surface area contributed by atoms with E-state index >= 15 is 0 Å². The smallest absolute Gasteiger partial charge is 0.407 e. The number of nitrogens with one attached hydrogen (secondary N) is 1. The van der Waals surface area contributed by atoms with Crippen LogP contribution < -0.4 is 5.32 Å². The van der Waals surface area contributed by atoms with Gasteiger partial charge in [0.25, 0.3) is 0 Å². The van der Waals surface area contributed by atoms with Gasteiger partial charge in [-0.2, -0.15) is 0 Å². The van der Waals surface area contributed by atoms with Crippen molar-refractivity contribution in [2.75, 3.05) is 0 Å². The first-order valence-corrected chi connectivity index (χ1v) is 4.89. The fourth-order valence-corrected chi connectivity index (χ4v) is 1.30. The summed E-state index contributed by atoms with van der Waals surface area (Å²) in [5.74, 6) is 0. The minimum Gasteiger partial charge on any atom is -0.447 e. The third-order valence-electron chi connectivity index (χ3n) is 1.21. The largest absolute Gasteiger partial charge is 0.447 e. The maximum atomic E-state index is 11.0. The van der Waals surface area contributed by atoms with E-state index in [1.54, 1.807) is 6.20 Å². The van der Waals surface area contributed by atoms with Crippen molar-refractivity contribution in [3.63, 3.8) is 0 Å². The number of thiazole rings is 1. The molecule has 0 aliphatic rings. The summed E-state index contributed by atoms with van der Waals surface area (Å²) in [5.41, 5.74) is 0. The van der Waals surface area contributed by atoms with Gasteiger partial charge in [-0.05, 0) is 13.8 Å². The zero-order valence-corrected chi connectivity index (χ0v) is 8.43. The first-order chi connectivity index (χ1) is 6.18. The molecule has 0 saturated carbocycles. The molecular weight excluding hydrogens is 188 g/mol.